The van der Waals surface area contributed by atoms with Crippen molar-refractivity contribution in [1.82, 2.24) is 0 Å². The van der Waals surface area contributed by atoms with Crippen molar-refractivity contribution in [3.05, 3.63) is 43.4 Å². The van der Waals surface area contributed by atoms with E-state index >= 15 is 0 Å². The zero-order valence-corrected chi connectivity index (χ0v) is 17.1. The van der Waals surface area contributed by atoms with Crippen LogP contribution in [0.1, 0.15) is 24.5 Å². The summed E-state index contributed by atoms with van der Waals surface area (Å²) in [4.78, 5) is 37.8. The highest BCUT2D eigenvalue weighted by Crippen LogP contribution is 2.40. The topological polar surface area (TPSA) is 114 Å². The molecule has 0 saturated carbocycles. The fourth-order valence-electron chi connectivity index (χ4n) is 2.55. The van der Waals surface area contributed by atoms with Crippen LogP contribution in [0, 0.1) is 17.0 Å². The molecule has 1 aliphatic rings. The standard InChI is InChI=1S/C17H15BrF3NO8/c1-8-5-11(18)6-10-7-12(15(17(19,20)21)30-14(8)10)16(24)29-9(2)28-13(23)3-4-27-22(25)26/h5-7,9,15H,3-4H2,1-2H3. The van der Waals surface area contributed by atoms with Crippen LogP contribution in [0.3, 0.4) is 0 Å². The van der Waals surface area contributed by atoms with E-state index in [9.17, 15) is 32.9 Å². The number of aryl methyl sites for hydroxylation is 1. The van der Waals surface area contributed by atoms with Crippen LogP contribution in [0.2, 0.25) is 0 Å². The summed E-state index contributed by atoms with van der Waals surface area (Å²) in [5.74, 6) is -2.44. The van der Waals surface area contributed by atoms with Crippen molar-refractivity contribution in [3.63, 3.8) is 0 Å². The lowest BCUT2D eigenvalue weighted by Gasteiger charge is -2.29. The van der Waals surface area contributed by atoms with Crippen LogP contribution >= 0.6 is 15.9 Å². The lowest BCUT2D eigenvalue weighted by atomic mass is 9.99. The molecule has 0 bridgehead atoms. The molecule has 2 atom stereocenters. The van der Waals surface area contributed by atoms with E-state index in [0.29, 0.717) is 10.0 Å². The van der Waals surface area contributed by atoms with Gasteiger partial charge >= 0.3 is 18.1 Å². The van der Waals surface area contributed by atoms with Gasteiger partial charge in [-0.05, 0) is 30.7 Å². The van der Waals surface area contributed by atoms with Crippen LogP contribution in [0.4, 0.5) is 13.2 Å². The summed E-state index contributed by atoms with van der Waals surface area (Å²) in [5.41, 5.74) is -0.167. The Bertz CT molecular complexity index is 886. The number of carbonyl (C=O) groups excluding carboxylic acids is 2. The van der Waals surface area contributed by atoms with E-state index in [-0.39, 0.29) is 11.3 Å². The van der Waals surface area contributed by atoms with E-state index in [4.69, 9.17) is 9.47 Å². The van der Waals surface area contributed by atoms with Gasteiger partial charge in [-0.15, -0.1) is 10.1 Å². The molecule has 13 heteroatoms. The van der Waals surface area contributed by atoms with Crippen LogP contribution in [0.25, 0.3) is 6.08 Å². The molecule has 0 radical (unpaired) electrons. The number of halogens is 4. The second-order valence-electron chi connectivity index (χ2n) is 6.05. The van der Waals surface area contributed by atoms with Gasteiger partial charge in [-0.1, -0.05) is 15.9 Å². The number of nitrogens with zero attached hydrogens (tertiary/aromatic N) is 1. The van der Waals surface area contributed by atoms with Crippen molar-refractivity contribution in [2.45, 2.75) is 38.8 Å². The monoisotopic (exact) mass is 497 g/mol. The van der Waals surface area contributed by atoms with Crippen molar-refractivity contribution < 1.29 is 46.9 Å². The van der Waals surface area contributed by atoms with Gasteiger partial charge < -0.3 is 19.0 Å². The minimum atomic E-state index is -4.91. The van der Waals surface area contributed by atoms with Gasteiger partial charge in [-0.25, -0.2) is 4.79 Å². The number of carbonyl (C=O) groups is 2. The first-order chi connectivity index (χ1) is 13.9. The molecule has 0 spiro atoms. The summed E-state index contributed by atoms with van der Waals surface area (Å²) in [6.45, 7) is 2.07. The van der Waals surface area contributed by atoms with Gasteiger partial charge in [0.2, 0.25) is 12.4 Å². The number of benzene rings is 1. The van der Waals surface area contributed by atoms with Gasteiger partial charge in [0, 0.05) is 17.0 Å². The first-order valence-corrected chi connectivity index (χ1v) is 9.10. The van der Waals surface area contributed by atoms with Crippen LogP contribution in [-0.2, 0) is 23.9 Å². The summed E-state index contributed by atoms with van der Waals surface area (Å²) in [5, 5.41) is 8.90. The van der Waals surface area contributed by atoms with E-state index in [1.807, 2.05) is 0 Å². The van der Waals surface area contributed by atoms with Crippen molar-refractivity contribution in [1.29, 1.82) is 0 Å². The Morgan fingerprint density at radius 1 is 1.33 bits per heavy atom. The van der Waals surface area contributed by atoms with E-state index < -0.39 is 54.2 Å². The third-order valence-corrected chi connectivity index (χ3v) is 4.16. The number of alkyl halides is 3. The molecule has 0 aliphatic carbocycles. The smallest absolute Gasteiger partial charge is 0.430 e. The quantitative estimate of drug-likeness (QED) is 0.243. The largest absolute Gasteiger partial charge is 0.475 e. The van der Waals surface area contributed by atoms with Gasteiger partial charge in [0.15, 0.2) is 0 Å². The highest BCUT2D eigenvalue weighted by molar-refractivity contribution is 9.10. The fraction of sp³-hybridized carbons (Fsp3) is 0.412. The predicted molar refractivity (Wildman–Crippen MR) is 96.5 cm³/mol. The predicted octanol–water partition coefficient (Wildman–Crippen LogP) is 3.50. The zero-order chi connectivity index (χ0) is 22.6. The SMILES string of the molecule is Cc1cc(Br)cc2c1OC(C(F)(F)F)C(C(=O)OC(C)OC(=O)CCO[N+](=O)[O-])=C2. The molecule has 0 saturated heterocycles. The molecule has 1 aliphatic heterocycles. The van der Waals surface area contributed by atoms with E-state index in [0.717, 1.165) is 13.0 Å². The third-order valence-electron chi connectivity index (χ3n) is 3.70. The van der Waals surface area contributed by atoms with E-state index in [2.05, 4.69) is 25.5 Å². The van der Waals surface area contributed by atoms with Crippen molar-refractivity contribution in [2.75, 3.05) is 6.61 Å². The van der Waals surface area contributed by atoms with Gasteiger partial charge in [0.05, 0.1) is 12.0 Å². The maximum Gasteiger partial charge on any atom is 0.430 e. The van der Waals surface area contributed by atoms with Crippen molar-refractivity contribution in [2.24, 2.45) is 0 Å². The lowest BCUT2D eigenvalue weighted by Crippen LogP contribution is -2.41. The molecular formula is C17H15BrF3NO8. The molecule has 2 rings (SSSR count). The normalized spacial score (nSPS) is 16.5. The Kier molecular flexibility index (Phi) is 7.29. The number of fused-ring (bicyclic) bond motifs is 1. The van der Waals surface area contributed by atoms with Crippen molar-refractivity contribution >= 4 is 33.9 Å². The molecule has 0 aromatic heterocycles. The number of rotatable bonds is 7. The first kappa shape index (κ1) is 23.4. The van der Waals surface area contributed by atoms with Crippen LogP contribution in [0.15, 0.2) is 22.2 Å². The molecule has 1 aromatic rings. The summed E-state index contributed by atoms with van der Waals surface area (Å²) in [6.07, 6.45) is -8.58. The minimum absolute atomic E-state index is 0.0256. The Morgan fingerprint density at radius 3 is 2.60 bits per heavy atom. The zero-order valence-electron chi connectivity index (χ0n) is 15.5. The van der Waals surface area contributed by atoms with Gasteiger partial charge in [0.25, 0.3) is 5.09 Å². The molecule has 30 heavy (non-hydrogen) atoms. The van der Waals surface area contributed by atoms with Gasteiger partial charge in [-0.2, -0.15) is 13.2 Å². The first-order valence-electron chi connectivity index (χ1n) is 8.31. The van der Waals surface area contributed by atoms with Gasteiger partial charge in [-0.3, -0.25) is 4.79 Å². The summed E-state index contributed by atoms with van der Waals surface area (Å²) >= 11 is 3.22. The molecule has 1 aromatic carbocycles. The van der Waals surface area contributed by atoms with Crippen LogP contribution in [-0.4, -0.2) is 42.2 Å². The Morgan fingerprint density at radius 2 is 2.00 bits per heavy atom. The second kappa shape index (κ2) is 9.32. The van der Waals surface area contributed by atoms with E-state index in [1.54, 1.807) is 13.0 Å². The molecule has 0 fully saturated rings. The van der Waals surface area contributed by atoms with Crippen LogP contribution in [0.5, 0.6) is 5.75 Å². The summed E-state index contributed by atoms with van der Waals surface area (Å²) in [7, 11) is 0. The molecular weight excluding hydrogens is 483 g/mol. The summed E-state index contributed by atoms with van der Waals surface area (Å²) < 4.78 is 55.5. The lowest BCUT2D eigenvalue weighted by molar-refractivity contribution is -0.757. The van der Waals surface area contributed by atoms with Crippen molar-refractivity contribution in [3.8, 4) is 5.75 Å². The molecule has 0 amide bonds. The second-order valence-corrected chi connectivity index (χ2v) is 6.97. The molecule has 2 unspecified atom stereocenters. The number of esters is 2. The van der Waals surface area contributed by atoms with E-state index in [1.165, 1.54) is 6.07 Å². The Balaban J connectivity index is 2.15. The highest BCUT2D eigenvalue weighted by Gasteiger charge is 2.49. The average molecular weight is 498 g/mol. The molecule has 0 N–H and O–H groups in total. The Labute approximate surface area is 175 Å². The molecule has 9 nitrogen and oxygen atoms in total. The van der Waals surface area contributed by atoms with Gasteiger partial charge in [0.1, 0.15) is 12.4 Å². The summed E-state index contributed by atoms with van der Waals surface area (Å²) in [6, 6.07) is 3.04. The fourth-order valence-corrected chi connectivity index (χ4v) is 3.14. The molecule has 164 valence electrons. The molecule has 1 heterocycles. The highest BCUT2D eigenvalue weighted by atomic mass is 79.9. The number of hydrogen-bond donors (Lipinski definition) is 0. The average Bonchev–Trinajstić information content (AvgIpc) is 2.59. The number of ether oxygens (including phenoxy) is 3. The maximum atomic E-state index is 13.5. The third kappa shape index (κ3) is 6.08. The minimum Gasteiger partial charge on any atom is -0.475 e. The van der Waals surface area contributed by atoms with Crippen LogP contribution < -0.4 is 4.74 Å². The Hall–Kier alpha value is -2.83. The maximum absolute atomic E-state index is 13.5. The number of hydrogen-bond acceptors (Lipinski definition) is 8.